The number of nitrogens with zero attached hydrogens (tertiary/aromatic N) is 1. The van der Waals surface area contributed by atoms with Crippen LogP contribution < -0.4 is 0 Å². The lowest BCUT2D eigenvalue weighted by molar-refractivity contribution is -0.139. The highest BCUT2D eigenvalue weighted by molar-refractivity contribution is 7.91. The molecule has 1 aliphatic carbocycles. The molecule has 1 saturated heterocycles. The second-order valence-electron chi connectivity index (χ2n) is 5.86. The Balaban J connectivity index is 2.06. The van der Waals surface area contributed by atoms with Crippen LogP contribution in [0.15, 0.2) is 0 Å². The van der Waals surface area contributed by atoms with Crippen LogP contribution in [-0.4, -0.2) is 54.5 Å². The van der Waals surface area contributed by atoms with Crippen molar-refractivity contribution in [1.29, 1.82) is 0 Å². The zero-order chi connectivity index (χ0) is 14.0. The number of sulfone groups is 1. The number of rotatable bonds is 5. The predicted octanol–water partition coefficient (Wildman–Crippen LogP) is 1.14. The summed E-state index contributed by atoms with van der Waals surface area (Å²) in [6.07, 6.45) is 4.86. The van der Waals surface area contributed by atoms with Gasteiger partial charge in [0.05, 0.1) is 18.1 Å². The van der Waals surface area contributed by atoms with Crippen molar-refractivity contribution >= 4 is 15.8 Å². The van der Waals surface area contributed by atoms with E-state index in [0.717, 1.165) is 25.7 Å². The molecule has 2 fully saturated rings. The van der Waals surface area contributed by atoms with Gasteiger partial charge in [0.15, 0.2) is 9.84 Å². The maximum atomic E-state index is 11.6. The highest BCUT2D eigenvalue weighted by Gasteiger charge is 2.38. The Morgan fingerprint density at radius 2 is 2.00 bits per heavy atom. The van der Waals surface area contributed by atoms with Crippen molar-refractivity contribution in [2.75, 3.05) is 18.1 Å². The van der Waals surface area contributed by atoms with Gasteiger partial charge in [-0.05, 0) is 31.6 Å². The van der Waals surface area contributed by atoms with Crippen LogP contribution in [0, 0.1) is 5.92 Å². The van der Waals surface area contributed by atoms with E-state index in [1.807, 2.05) is 4.90 Å². The average molecular weight is 289 g/mol. The van der Waals surface area contributed by atoms with E-state index in [-0.39, 0.29) is 30.1 Å². The number of carboxylic acid groups (broad SMARTS) is 1. The highest BCUT2D eigenvalue weighted by atomic mass is 32.2. The van der Waals surface area contributed by atoms with Gasteiger partial charge >= 0.3 is 5.97 Å². The van der Waals surface area contributed by atoms with Crippen molar-refractivity contribution in [1.82, 2.24) is 4.90 Å². The molecule has 1 heterocycles. The monoisotopic (exact) mass is 289 g/mol. The molecule has 0 aromatic rings. The summed E-state index contributed by atoms with van der Waals surface area (Å²) in [5, 5.41) is 9.07. The summed E-state index contributed by atoms with van der Waals surface area (Å²) in [6.45, 7) is 2.13. The zero-order valence-corrected chi connectivity index (χ0v) is 12.2. The lowest BCUT2D eigenvalue weighted by atomic mass is 10.0. The van der Waals surface area contributed by atoms with Gasteiger partial charge in [0.2, 0.25) is 0 Å². The molecule has 0 bridgehead atoms. The Morgan fingerprint density at radius 3 is 2.47 bits per heavy atom. The lowest BCUT2D eigenvalue weighted by Crippen LogP contribution is -2.45. The summed E-state index contributed by atoms with van der Waals surface area (Å²) < 4.78 is 23.2. The number of hydrogen-bond acceptors (Lipinski definition) is 4. The van der Waals surface area contributed by atoms with Gasteiger partial charge in [-0.3, -0.25) is 9.69 Å². The number of hydrogen-bond donors (Lipinski definition) is 1. The minimum absolute atomic E-state index is 0.0265. The first-order chi connectivity index (χ1) is 8.91. The Bertz CT molecular complexity index is 434. The molecule has 3 atom stereocenters. The molecule has 0 radical (unpaired) electrons. The van der Waals surface area contributed by atoms with Crippen molar-refractivity contribution in [2.24, 2.45) is 5.92 Å². The van der Waals surface area contributed by atoms with E-state index in [0.29, 0.717) is 12.3 Å². The molecule has 1 aliphatic heterocycles. The standard InChI is InChI=1S/C13H23NO4S/c1-2-10-3-4-11(7-10)14(8-13(15)16)12-5-6-19(17,18)9-12/h10-12H,2-9H2,1H3,(H,15,16). The van der Waals surface area contributed by atoms with E-state index in [1.54, 1.807) is 0 Å². The second kappa shape index (κ2) is 5.79. The Morgan fingerprint density at radius 1 is 1.26 bits per heavy atom. The zero-order valence-electron chi connectivity index (χ0n) is 11.4. The molecular weight excluding hydrogens is 266 g/mol. The van der Waals surface area contributed by atoms with Gasteiger partial charge in [0, 0.05) is 12.1 Å². The molecule has 110 valence electrons. The van der Waals surface area contributed by atoms with Gasteiger partial charge in [-0.1, -0.05) is 13.3 Å². The molecular formula is C13H23NO4S. The Kier molecular flexibility index (Phi) is 4.50. The largest absolute Gasteiger partial charge is 0.480 e. The second-order valence-corrected chi connectivity index (χ2v) is 8.09. The molecule has 0 aromatic carbocycles. The minimum atomic E-state index is -2.96. The van der Waals surface area contributed by atoms with Crippen LogP contribution >= 0.6 is 0 Å². The van der Waals surface area contributed by atoms with Crippen LogP contribution in [0.5, 0.6) is 0 Å². The van der Waals surface area contributed by atoms with Crippen molar-refractivity contribution in [3.8, 4) is 0 Å². The van der Waals surface area contributed by atoms with E-state index >= 15 is 0 Å². The molecule has 2 rings (SSSR count). The van der Waals surface area contributed by atoms with Gasteiger partial charge in [-0.15, -0.1) is 0 Å². The lowest BCUT2D eigenvalue weighted by Gasteiger charge is -2.32. The van der Waals surface area contributed by atoms with E-state index in [1.165, 1.54) is 0 Å². The fraction of sp³-hybridized carbons (Fsp3) is 0.923. The molecule has 0 aromatic heterocycles. The molecule has 0 amide bonds. The van der Waals surface area contributed by atoms with Crippen LogP contribution in [0.4, 0.5) is 0 Å². The van der Waals surface area contributed by atoms with Gasteiger partial charge in [-0.2, -0.15) is 0 Å². The van der Waals surface area contributed by atoms with Crippen molar-refractivity contribution in [3.63, 3.8) is 0 Å². The molecule has 0 spiro atoms. The Labute approximate surface area is 114 Å². The van der Waals surface area contributed by atoms with Crippen molar-refractivity contribution < 1.29 is 18.3 Å². The summed E-state index contributed by atoms with van der Waals surface area (Å²) in [5.41, 5.74) is 0. The first-order valence-electron chi connectivity index (χ1n) is 7.09. The molecule has 2 aliphatic rings. The van der Waals surface area contributed by atoms with Crippen LogP contribution in [0.1, 0.15) is 39.0 Å². The maximum Gasteiger partial charge on any atom is 0.317 e. The number of aliphatic carboxylic acids is 1. The van der Waals surface area contributed by atoms with Gasteiger partial charge < -0.3 is 5.11 Å². The normalized spacial score (nSPS) is 33.9. The van der Waals surface area contributed by atoms with Crippen LogP contribution in [0.2, 0.25) is 0 Å². The van der Waals surface area contributed by atoms with Crippen molar-refractivity contribution in [3.05, 3.63) is 0 Å². The van der Waals surface area contributed by atoms with E-state index in [4.69, 9.17) is 5.11 Å². The Hall–Kier alpha value is -0.620. The highest BCUT2D eigenvalue weighted by Crippen LogP contribution is 2.34. The summed E-state index contributed by atoms with van der Waals surface area (Å²) in [7, 11) is -2.96. The van der Waals surface area contributed by atoms with Gasteiger partial charge in [0.1, 0.15) is 0 Å². The minimum Gasteiger partial charge on any atom is -0.480 e. The molecule has 5 nitrogen and oxygen atoms in total. The third kappa shape index (κ3) is 3.69. The third-order valence-electron chi connectivity index (χ3n) is 4.56. The molecule has 3 unspecified atom stereocenters. The quantitative estimate of drug-likeness (QED) is 0.821. The summed E-state index contributed by atoms with van der Waals surface area (Å²) >= 11 is 0. The topological polar surface area (TPSA) is 74.7 Å². The molecule has 1 saturated carbocycles. The van der Waals surface area contributed by atoms with Gasteiger partial charge in [0.25, 0.3) is 0 Å². The van der Waals surface area contributed by atoms with E-state index in [9.17, 15) is 13.2 Å². The molecule has 6 heteroatoms. The fourth-order valence-corrected chi connectivity index (χ4v) is 5.21. The van der Waals surface area contributed by atoms with E-state index in [2.05, 4.69) is 6.92 Å². The molecule has 19 heavy (non-hydrogen) atoms. The predicted molar refractivity (Wildman–Crippen MR) is 72.8 cm³/mol. The van der Waals surface area contributed by atoms with Gasteiger partial charge in [-0.25, -0.2) is 8.42 Å². The van der Waals surface area contributed by atoms with Crippen LogP contribution in [0.25, 0.3) is 0 Å². The summed E-state index contributed by atoms with van der Waals surface area (Å²) in [4.78, 5) is 13.0. The first kappa shape index (κ1) is 14.8. The molecule has 1 N–H and O–H groups in total. The van der Waals surface area contributed by atoms with Crippen LogP contribution in [0.3, 0.4) is 0 Å². The average Bonchev–Trinajstić information content (AvgIpc) is 2.92. The smallest absolute Gasteiger partial charge is 0.317 e. The maximum absolute atomic E-state index is 11.6. The number of carboxylic acids is 1. The fourth-order valence-electron chi connectivity index (χ4n) is 3.47. The van der Waals surface area contributed by atoms with Crippen LogP contribution in [-0.2, 0) is 14.6 Å². The first-order valence-corrected chi connectivity index (χ1v) is 8.91. The SMILES string of the molecule is CCC1CCC(N(CC(=O)O)C2CCS(=O)(=O)C2)C1. The van der Waals surface area contributed by atoms with Crippen molar-refractivity contribution in [2.45, 2.75) is 51.1 Å². The number of carbonyl (C=O) groups is 1. The third-order valence-corrected chi connectivity index (χ3v) is 6.31. The summed E-state index contributed by atoms with van der Waals surface area (Å²) in [5.74, 6) is 0.147. The van der Waals surface area contributed by atoms with E-state index < -0.39 is 15.8 Å². The summed E-state index contributed by atoms with van der Waals surface area (Å²) in [6, 6.07) is 0.154.